The first kappa shape index (κ1) is 38.2. The topological polar surface area (TPSA) is 66.6 Å². The molecule has 4 rings (SSSR count). The number of hydrogen-bond acceptors (Lipinski definition) is 4. The number of rotatable bonds is 22. The molecule has 0 fully saturated rings. The van der Waals surface area contributed by atoms with Crippen LogP contribution < -0.4 is 16.0 Å². The van der Waals surface area contributed by atoms with Crippen molar-refractivity contribution in [3.8, 4) is 22.5 Å². The standard InChI is InChI=1S/C44H63N3O2/c1-6-9-10-11-12-13-14-15-16-17-18-19-20-21-22-25-28-47-44(48)36-27-24-23-26-35(36)43-37-29-33(4)39(45-7-2)31-41(37)49-42-32-40(46-8-3)34(5)30-38(42)43/h23-24,26-27,29-32,45H,6-22,25,28H2,1-5H3,(H,47,48). The van der Waals surface area contributed by atoms with Gasteiger partial charge in [-0.2, -0.15) is 0 Å². The second kappa shape index (κ2) is 20.8. The van der Waals surface area contributed by atoms with Gasteiger partial charge in [-0.25, -0.2) is 0 Å². The van der Waals surface area contributed by atoms with Crippen molar-refractivity contribution in [3.63, 3.8) is 0 Å². The Hall–Kier alpha value is -3.60. The van der Waals surface area contributed by atoms with Gasteiger partial charge in [-0.15, -0.1) is 0 Å². The molecule has 49 heavy (non-hydrogen) atoms. The Bertz CT molecular complexity index is 1640. The van der Waals surface area contributed by atoms with E-state index in [1.807, 2.05) is 31.2 Å². The molecule has 1 aliphatic heterocycles. The number of benzene rings is 3. The van der Waals surface area contributed by atoms with Gasteiger partial charge in [-0.05, 0) is 69.0 Å². The summed E-state index contributed by atoms with van der Waals surface area (Å²) in [4.78, 5) is 18.4. The van der Waals surface area contributed by atoms with Gasteiger partial charge in [0.05, 0.1) is 5.36 Å². The molecule has 0 atom stereocenters. The van der Waals surface area contributed by atoms with Gasteiger partial charge < -0.3 is 15.1 Å². The van der Waals surface area contributed by atoms with Gasteiger partial charge in [0.1, 0.15) is 11.3 Å². The quantitative estimate of drug-likeness (QED) is 0.0648. The van der Waals surface area contributed by atoms with Crippen LogP contribution in [0.4, 0.5) is 5.69 Å². The fourth-order valence-electron chi connectivity index (χ4n) is 7.07. The summed E-state index contributed by atoms with van der Waals surface area (Å²) in [6, 6.07) is 16.5. The zero-order valence-electron chi connectivity index (χ0n) is 31.3. The summed E-state index contributed by atoms with van der Waals surface area (Å²) in [5.74, 6) is 0.754. The van der Waals surface area contributed by atoms with E-state index in [4.69, 9.17) is 9.41 Å². The maximum atomic E-state index is 13.7. The molecule has 266 valence electrons. The summed E-state index contributed by atoms with van der Waals surface area (Å²) >= 11 is 0. The third-order valence-corrected chi connectivity index (χ3v) is 9.84. The van der Waals surface area contributed by atoms with Crippen molar-refractivity contribution in [1.82, 2.24) is 5.32 Å². The van der Waals surface area contributed by atoms with Gasteiger partial charge in [-0.1, -0.05) is 121 Å². The molecule has 2 aromatic rings. The first-order valence-electron chi connectivity index (χ1n) is 19.6. The van der Waals surface area contributed by atoms with Crippen molar-refractivity contribution in [2.45, 2.75) is 137 Å². The molecule has 1 aliphatic carbocycles. The van der Waals surface area contributed by atoms with Crippen molar-refractivity contribution in [1.29, 1.82) is 0 Å². The largest absolute Gasteiger partial charge is 0.456 e. The smallest absolute Gasteiger partial charge is 0.251 e. The Kier molecular flexibility index (Phi) is 16.2. The number of hydrogen-bond donors (Lipinski definition) is 2. The minimum absolute atomic E-state index is 0.0195. The highest BCUT2D eigenvalue weighted by Crippen LogP contribution is 2.43. The maximum absolute atomic E-state index is 13.7. The van der Waals surface area contributed by atoms with Gasteiger partial charge in [0, 0.05) is 59.5 Å². The lowest BCUT2D eigenvalue weighted by molar-refractivity contribution is 0.0953. The minimum Gasteiger partial charge on any atom is -0.456 e. The average molecular weight is 666 g/mol. The van der Waals surface area contributed by atoms with Crippen molar-refractivity contribution < 1.29 is 9.21 Å². The molecule has 0 saturated heterocycles. The Morgan fingerprint density at radius 2 is 1.31 bits per heavy atom. The van der Waals surface area contributed by atoms with E-state index in [2.05, 4.69) is 62.6 Å². The van der Waals surface area contributed by atoms with E-state index in [9.17, 15) is 4.79 Å². The zero-order chi connectivity index (χ0) is 34.8. The lowest BCUT2D eigenvalue weighted by Gasteiger charge is -2.20. The second-order valence-electron chi connectivity index (χ2n) is 13.9. The highest BCUT2D eigenvalue weighted by Gasteiger charge is 2.23. The Morgan fingerprint density at radius 3 is 1.92 bits per heavy atom. The molecule has 0 radical (unpaired) electrons. The minimum atomic E-state index is -0.0195. The molecule has 0 spiro atoms. The maximum Gasteiger partial charge on any atom is 0.251 e. The van der Waals surface area contributed by atoms with Crippen LogP contribution >= 0.6 is 0 Å². The van der Waals surface area contributed by atoms with Crippen LogP contribution in [0.3, 0.4) is 0 Å². The molecular formula is C44H63N3O2. The van der Waals surface area contributed by atoms with E-state index in [0.717, 1.165) is 75.0 Å². The molecule has 0 saturated carbocycles. The number of amides is 1. The highest BCUT2D eigenvalue weighted by molar-refractivity contribution is 6.09. The van der Waals surface area contributed by atoms with Crippen LogP contribution in [-0.2, 0) is 0 Å². The van der Waals surface area contributed by atoms with Crippen LogP contribution in [0.5, 0.6) is 0 Å². The molecule has 0 aromatic heterocycles. The molecule has 5 heteroatoms. The van der Waals surface area contributed by atoms with Crippen molar-refractivity contribution in [3.05, 3.63) is 70.6 Å². The fraction of sp³-hybridized carbons (Fsp3) is 0.545. The third kappa shape index (κ3) is 11.2. The summed E-state index contributed by atoms with van der Waals surface area (Å²) in [6.45, 7) is 12.9. The summed E-state index contributed by atoms with van der Waals surface area (Å²) in [5, 5.41) is 8.65. The molecule has 0 unspecified atom stereocenters. The third-order valence-electron chi connectivity index (χ3n) is 9.84. The first-order valence-corrected chi connectivity index (χ1v) is 19.6. The van der Waals surface area contributed by atoms with Crippen LogP contribution in [0.15, 0.2) is 57.9 Å². The van der Waals surface area contributed by atoms with E-state index in [1.54, 1.807) is 0 Å². The van der Waals surface area contributed by atoms with Crippen LogP contribution in [0, 0.1) is 13.8 Å². The van der Waals surface area contributed by atoms with Crippen molar-refractivity contribution >= 4 is 22.6 Å². The van der Waals surface area contributed by atoms with Crippen molar-refractivity contribution in [2.24, 2.45) is 4.99 Å². The molecular weight excluding hydrogens is 603 g/mol. The molecule has 2 N–H and O–H groups in total. The predicted octanol–water partition coefficient (Wildman–Crippen LogP) is 12.2. The van der Waals surface area contributed by atoms with Gasteiger partial charge in [-0.3, -0.25) is 9.79 Å². The van der Waals surface area contributed by atoms with Gasteiger partial charge in [0.2, 0.25) is 0 Å². The summed E-state index contributed by atoms with van der Waals surface area (Å²) in [5.41, 5.74) is 7.73. The number of carbonyl (C=O) groups is 1. The fourth-order valence-corrected chi connectivity index (χ4v) is 7.07. The lowest BCUT2D eigenvalue weighted by atomic mass is 9.89. The highest BCUT2D eigenvalue weighted by atomic mass is 16.3. The van der Waals surface area contributed by atoms with Gasteiger partial charge >= 0.3 is 0 Å². The van der Waals surface area contributed by atoms with E-state index in [-0.39, 0.29) is 5.91 Å². The first-order chi connectivity index (χ1) is 24.0. The Morgan fingerprint density at radius 1 is 0.694 bits per heavy atom. The number of anilines is 1. The monoisotopic (exact) mass is 665 g/mol. The van der Waals surface area contributed by atoms with Crippen LogP contribution in [0.1, 0.15) is 145 Å². The van der Waals surface area contributed by atoms with Crippen LogP contribution in [0.2, 0.25) is 0 Å². The lowest BCUT2D eigenvalue weighted by Crippen LogP contribution is -2.25. The molecule has 2 aliphatic rings. The molecule has 1 amide bonds. The number of nitrogens with zero attached hydrogens (tertiary/aromatic N) is 1. The van der Waals surface area contributed by atoms with Crippen LogP contribution in [0.25, 0.3) is 33.4 Å². The van der Waals surface area contributed by atoms with E-state index in [0.29, 0.717) is 18.7 Å². The Balaban J connectivity index is 1.35. The van der Waals surface area contributed by atoms with Crippen LogP contribution in [-0.4, -0.2) is 25.5 Å². The molecule has 5 nitrogen and oxygen atoms in total. The number of aryl methyl sites for hydroxylation is 2. The summed E-state index contributed by atoms with van der Waals surface area (Å²) < 4.78 is 6.56. The summed E-state index contributed by atoms with van der Waals surface area (Å²) in [7, 11) is 0. The van der Waals surface area contributed by atoms with E-state index < -0.39 is 0 Å². The predicted molar refractivity (Wildman–Crippen MR) is 210 cm³/mol. The van der Waals surface area contributed by atoms with E-state index in [1.165, 1.54) is 89.9 Å². The Labute approximate surface area is 296 Å². The van der Waals surface area contributed by atoms with Gasteiger partial charge in [0.25, 0.3) is 5.91 Å². The normalized spacial score (nSPS) is 11.9. The van der Waals surface area contributed by atoms with E-state index >= 15 is 0 Å². The number of fused-ring (bicyclic) bond motifs is 2. The SMILES string of the molecule is CCCCCCCCCCCCCCCCCCNC(=O)c1ccccc1-c1c2cc(C)c(=NCC)cc-2oc2cc(NCC)c(C)cc12. The molecule has 2 aromatic carbocycles. The molecule has 0 bridgehead atoms. The number of nitrogens with one attached hydrogen (secondary N) is 2. The second-order valence-corrected chi connectivity index (χ2v) is 13.9. The van der Waals surface area contributed by atoms with Gasteiger partial charge in [0.15, 0.2) is 0 Å². The zero-order valence-corrected chi connectivity index (χ0v) is 31.3. The van der Waals surface area contributed by atoms with Crippen molar-refractivity contribution in [2.75, 3.05) is 25.0 Å². The number of carbonyl (C=O) groups excluding carboxylic acids is 1. The molecule has 1 heterocycles. The number of unbranched alkanes of at least 4 members (excludes halogenated alkanes) is 15. The summed E-state index contributed by atoms with van der Waals surface area (Å²) in [6.07, 6.45) is 21.5. The average Bonchev–Trinajstić information content (AvgIpc) is 3.10.